The van der Waals surface area contributed by atoms with E-state index in [1.807, 2.05) is 24.3 Å². The Morgan fingerprint density at radius 1 is 1.26 bits per heavy atom. The number of amidine groups is 1. The molecule has 4 heteroatoms. The third-order valence-electron chi connectivity index (χ3n) is 3.74. The number of nitrogens with two attached hydrogens (primary N) is 1. The van der Waals surface area contributed by atoms with Crippen molar-refractivity contribution >= 4 is 5.84 Å². The third kappa shape index (κ3) is 3.96. The van der Waals surface area contributed by atoms with Gasteiger partial charge >= 0.3 is 0 Å². The second kappa shape index (κ2) is 7.14. The zero-order chi connectivity index (χ0) is 13.5. The molecule has 0 radical (unpaired) electrons. The summed E-state index contributed by atoms with van der Waals surface area (Å²) >= 11 is 0. The molecule has 4 nitrogen and oxygen atoms in total. The standard InChI is InChI=1S/C15H22N2O2/c16-15(17-18)14-9-5-4-8-13(14)11-19-10-12-6-2-1-3-7-12/h4-5,8-9,12,18H,1-3,6-7,10-11H2,(H2,16,17). The zero-order valence-corrected chi connectivity index (χ0v) is 11.2. The Labute approximate surface area is 114 Å². The summed E-state index contributed by atoms with van der Waals surface area (Å²) in [6, 6.07) is 7.61. The Morgan fingerprint density at radius 2 is 2.00 bits per heavy atom. The fraction of sp³-hybridized carbons (Fsp3) is 0.533. The van der Waals surface area contributed by atoms with Gasteiger partial charge in [-0.15, -0.1) is 0 Å². The lowest BCUT2D eigenvalue weighted by Gasteiger charge is -2.21. The summed E-state index contributed by atoms with van der Waals surface area (Å²) in [6.45, 7) is 1.33. The van der Waals surface area contributed by atoms with Crippen molar-refractivity contribution in [3.05, 3.63) is 35.4 Å². The monoisotopic (exact) mass is 262 g/mol. The molecule has 0 amide bonds. The topological polar surface area (TPSA) is 67.8 Å². The molecule has 0 heterocycles. The number of rotatable bonds is 5. The van der Waals surface area contributed by atoms with Crippen LogP contribution in [0.25, 0.3) is 0 Å². The summed E-state index contributed by atoms with van der Waals surface area (Å²) in [4.78, 5) is 0. The van der Waals surface area contributed by atoms with Crippen molar-refractivity contribution in [2.75, 3.05) is 6.61 Å². The first-order valence-electron chi connectivity index (χ1n) is 6.95. The van der Waals surface area contributed by atoms with Crippen LogP contribution in [0.5, 0.6) is 0 Å². The highest BCUT2D eigenvalue weighted by Crippen LogP contribution is 2.24. The number of nitrogens with zero attached hydrogens (tertiary/aromatic N) is 1. The second-order valence-corrected chi connectivity index (χ2v) is 5.16. The lowest BCUT2D eigenvalue weighted by Crippen LogP contribution is -2.17. The molecular formula is C15H22N2O2. The van der Waals surface area contributed by atoms with Crippen molar-refractivity contribution in [2.24, 2.45) is 16.8 Å². The van der Waals surface area contributed by atoms with Crippen LogP contribution < -0.4 is 5.73 Å². The summed E-state index contributed by atoms with van der Waals surface area (Å²) in [7, 11) is 0. The van der Waals surface area contributed by atoms with Crippen molar-refractivity contribution in [2.45, 2.75) is 38.7 Å². The van der Waals surface area contributed by atoms with E-state index in [9.17, 15) is 0 Å². The molecular weight excluding hydrogens is 240 g/mol. The molecule has 0 saturated heterocycles. The van der Waals surface area contributed by atoms with E-state index in [1.165, 1.54) is 32.1 Å². The Kier molecular flexibility index (Phi) is 5.21. The van der Waals surface area contributed by atoms with E-state index >= 15 is 0 Å². The van der Waals surface area contributed by atoms with Gasteiger partial charge in [-0.2, -0.15) is 0 Å². The molecule has 1 aromatic carbocycles. The van der Waals surface area contributed by atoms with Gasteiger partial charge in [0.1, 0.15) is 0 Å². The van der Waals surface area contributed by atoms with E-state index < -0.39 is 0 Å². The van der Waals surface area contributed by atoms with E-state index in [-0.39, 0.29) is 5.84 Å². The minimum atomic E-state index is 0.136. The second-order valence-electron chi connectivity index (χ2n) is 5.16. The summed E-state index contributed by atoms with van der Waals surface area (Å²) in [5.41, 5.74) is 7.36. The molecule has 0 spiro atoms. The number of ether oxygens (including phenoxy) is 1. The maximum absolute atomic E-state index is 8.76. The molecule has 1 aliphatic rings. The fourth-order valence-electron chi connectivity index (χ4n) is 2.64. The number of hydrogen-bond donors (Lipinski definition) is 2. The molecule has 1 aliphatic carbocycles. The quantitative estimate of drug-likeness (QED) is 0.371. The van der Waals surface area contributed by atoms with Gasteiger partial charge in [-0.25, -0.2) is 0 Å². The van der Waals surface area contributed by atoms with E-state index in [4.69, 9.17) is 15.7 Å². The molecule has 0 aliphatic heterocycles. The average Bonchev–Trinajstić information content (AvgIpc) is 2.48. The van der Waals surface area contributed by atoms with Crippen LogP contribution >= 0.6 is 0 Å². The van der Waals surface area contributed by atoms with Crippen molar-refractivity contribution < 1.29 is 9.94 Å². The zero-order valence-electron chi connectivity index (χ0n) is 11.2. The summed E-state index contributed by atoms with van der Waals surface area (Å²) < 4.78 is 5.80. The fourth-order valence-corrected chi connectivity index (χ4v) is 2.64. The first-order chi connectivity index (χ1) is 9.31. The van der Waals surface area contributed by atoms with Crippen LogP contribution in [0.1, 0.15) is 43.2 Å². The van der Waals surface area contributed by atoms with Gasteiger partial charge in [0.2, 0.25) is 0 Å². The highest BCUT2D eigenvalue weighted by atomic mass is 16.5. The highest BCUT2D eigenvalue weighted by Gasteiger charge is 2.14. The maximum Gasteiger partial charge on any atom is 0.170 e. The molecule has 0 aromatic heterocycles. The average molecular weight is 262 g/mol. The molecule has 1 fully saturated rings. The smallest absolute Gasteiger partial charge is 0.170 e. The molecule has 0 unspecified atom stereocenters. The molecule has 2 rings (SSSR count). The van der Waals surface area contributed by atoms with Crippen LogP contribution in [0.15, 0.2) is 29.4 Å². The molecule has 0 atom stereocenters. The van der Waals surface area contributed by atoms with E-state index in [1.54, 1.807) is 0 Å². The van der Waals surface area contributed by atoms with Gasteiger partial charge in [0, 0.05) is 12.2 Å². The van der Waals surface area contributed by atoms with Crippen LogP contribution in [-0.2, 0) is 11.3 Å². The van der Waals surface area contributed by atoms with Gasteiger partial charge < -0.3 is 15.7 Å². The first-order valence-corrected chi connectivity index (χ1v) is 6.95. The minimum absolute atomic E-state index is 0.136. The Balaban J connectivity index is 1.88. The molecule has 19 heavy (non-hydrogen) atoms. The lowest BCUT2D eigenvalue weighted by molar-refractivity contribution is 0.0738. The van der Waals surface area contributed by atoms with Gasteiger partial charge in [-0.05, 0) is 24.3 Å². The SMILES string of the molecule is NC(=NO)c1ccccc1COCC1CCCCC1. The van der Waals surface area contributed by atoms with E-state index in [0.29, 0.717) is 12.5 Å². The summed E-state index contributed by atoms with van der Waals surface area (Å²) in [5.74, 6) is 0.835. The predicted molar refractivity (Wildman–Crippen MR) is 75.2 cm³/mol. The molecule has 1 saturated carbocycles. The summed E-state index contributed by atoms with van der Waals surface area (Å²) in [5, 5.41) is 11.8. The van der Waals surface area contributed by atoms with Crippen molar-refractivity contribution in [1.29, 1.82) is 0 Å². The first kappa shape index (κ1) is 13.9. The van der Waals surface area contributed by atoms with E-state index in [2.05, 4.69) is 5.16 Å². The predicted octanol–water partition coefficient (Wildman–Crippen LogP) is 2.88. The molecule has 3 N–H and O–H groups in total. The van der Waals surface area contributed by atoms with Crippen LogP contribution in [0, 0.1) is 5.92 Å². The van der Waals surface area contributed by atoms with Gasteiger partial charge in [0.25, 0.3) is 0 Å². The van der Waals surface area contributed by atoms with E-state index in [0.717, 1.165) is 17.7 Å². The van der Waals surface area contributed by atoms with Gasteiger partial charge in [-0.1, -0.05) is 48.7 Å². The summed E-state index contributed by atoms with van der Waals surface area (Å²) in [6.07, 6.45) is 6.58. The molecule has 0 bridgehead atoms. The lowest BCUT2D eigenvalue weighted by atomic mass is 9.90. The van der Waals surface area contributed by atoms with Crippen molar-refractivity contribution in [3.63, 3.8) is 0 Å². The van der Waals surface area contributed by atoms with Gasteiger partial charge in [0.15, 0.2) is 5.84 Å². The maximum atomic E-state index is 8.76. The van der Waals surface area contributed by atoms with Crippen molar-refractivity contribution in [1.82, 2.24) is 0 Å². The van der Waals surface area contributed by atoms with Crippen molar-refractivity contribution in [3.8, 4) is 0 Å². The molecule has 1 aromatic rings. The Hall–Kier alpha value is -1.55. The number of hydrogen-bond acceptors (Lipinski definition) is 3. The molecule has 104 valence electrons. The Morgan fingerprint density at radius 3 is 2.74 bits per heavy atom. The Bertz CT molecular complexity index is 426. The van der Waals surface area contributed by atoms with Crippen LogP contribution in [-0.4, -0.2) is 17.6 Å². The number of benzene rings is 1. The largest absolute Gasteiger partial charge is 0.409 e. The van der Waals surface area contributed by atoms with Gasteiger partial charge in [0.05, 0.1) is 6.61 Å². The third-order valence-corrected chi connectivity index (χ3v) is 3.74. The van der Waals surface area contributed by atoms with Crippen LogP contribution in [0.2, 0.25) is 0 Å². The number of oxime groups is 1. The van der Waals surface area contributed by atoms with Crippen LogP contribution in [0.4, 0.5) is 0 Å². The minimum Gasteiger partial charge on any atom is -0.409 e. The van der Waals surface area contributed by atoms with Gasteiger partial charge in [-0.3, -0.25) is 0 Å². The van der Waals surface area contributed by atoms with Crippen LogP contribution in [0.3, 0.4) is 0 Å². The highest BCUT2D eigenvalue weighted by molar-refractivity contribution is 5.98. The normalized spacial score (nSPS) is 17.6.